The smallest absolute Gasteiger partial charge is 0.376 e. The molecule has 9 heteroatoms. The van der Waals surface area contributed by atoms with E-state index in [0.29, 0.717) is 18.7 Å². The number of halogens is 4. The molecule has 1 fully saturated rings. The molecule has 1 aromatic carbocycles. The molecule has 0 spiro atoms. The molecule has 0 radical (unpaired) electrons. The number of pyridine rings is 1. The van der Waals surface area contributed by atoms with Crippen molar-refractivity contribution in [2.75, 3.05) is 18.5 Å². The molecule has 1 aliphatic heterocycles. The Labute approximate surface area is 158 Å². The number of nitrogens with zero attached hydrogens (tertiary/aromatic N) is 1. The van der Waals surface area contributed by atoms with Gasteiger partial charge in [-0.3, -0.25) is 4.79 Å². The van der Waals surface area contributed by atoms with Crippen LogP contribution in [0, 0.1) is 0 Å². The highest BCUT2D eigenvalue weighted by atomic mass is 35.5. The van der Waals surface area contributed by atoms with E-state index in [1.165, 1.54) is 24.4 Å². The van der Waals surface area contributed by atoms with Crippen molar-refractivity contribution in [3.8, 4) is 0 Å². The van der Waals surface area contributed by atoms with Gasteiger partial charge in [-0.05, 0) is 43.2 Å². The minimum atomic E-state index is -4.56. The summed E-state index contributed by atoms with van der Waals surface area (Å²) in [6.45, 7) is 1.11. The van der Waals surface area contributed by atoms with Gasteiger partial charge in [0.05, 0.1) is 16.7 Å². The molecule has 1 saturated heterocycles. The van der Waals surface area contributed by atoms with Gasteiger partial charge in [-0.1, -0.05) is 11.6 Å². The fraction of sp³-hybridized carbons (Fsp3) is 0.333. The average Bonchev–Trinajstić information content (AvgIpc) is 3.14. The fourth-order valence-electron chi connectivity index (χ4n) is 2.72. The number of alkyl halides is 3. The summed E-state index contributed by atoms with van der Waals surface area (Å²) in [7, 11) is 0. The van der Waals surface area contributed by atoms with Crippen LogP contribution in [0.25, 0.3) is 0 Å². The minimum Gasteiger partial charge on any atom is -0.376 e. The third-order valence-corrected chi connectivity index (χ3v) is 4.41. The van der Waals surface area contributed by atoms with Crippen molar-refractivity contribution < 1.29 is 22.7 Å². The van der Waals surface area contributed by atoms with Gasteiger partial charge < -0.3 is 15.4 Å². The molecule has 0 saturated carbocycles. The van der Waals surface area contributed by atoms with Crippen molar-refractivity contribution in [1.29, 1.82) is 0 Å². The predicted molar refractivity (Wildman–Crippen MR) is 95.3 cm³/mol. The lowest BCUT2D eigenvalue weighted by Gasteiger charge is -2.13. The highest BCUT2D eigenvalue weighted by Crippen LogP contribution is 2.36. The minimum absolute atomic E-state index is 0.0169. The highest BCUT2D eigenvalue weighted by Gasteiger charge is 2.33. The third-order valence-electron chi connectivity index (χ3n) is 4.08. The quantitative estimate of drug-likeness (QED) is 0.782. The summed E-state index contributed by atoms with van der Waals surface area (Å²) in [6, 6.07) is 6.45. The predicted octanol–water partition coefficient (Wildman–Crippen LogP) is 4.41. The van der Waals surface area contributed by atoms with Gasteiger partial charge in [-0.2, -0.15) is 13.2 Å². The number of hydrogen-bond donors (Lipinski definition) is 2. The molecule has 27 heavy (non-hydrogen) atoms. The molecular weight excluding hydrogens is 383 g/mol. The number of benzene rings is 1. The molecular formula is C18H17ClF3N3O2. The zero-order valence-electron chi connectivity index (χ0n) is 14.1. The molecule has 1 unspecified atom stereocenters. The number of anilines is 2. The summed E-state index contributed by atoms with van der Waals surface area (Å²) >= 11 is 5.61. The lowest BCUT2D eigenvalue weighted by Crippen LogP contribution is -2.31. The van der Waals surface area contributed by atoms with Crippen LogP contribution in [0.4, 0.5) is 24.7 Å². The number of ether oxygens (including phenoxy) is 1. The number of nitrogens with one attached hydrogen (secondary N) is 2. The van der Waals surface area contributed by atoms with E-state index < -0.39 is 11.7 Å². The third kappa shape index (κ3) is 5.11. The molecule has 2 N–H and O–H groups in total. The zero-order valence-corrected chi connectivity index (χ0v) is 14.9. The Morgan fingerprint density at radius 1 is 1.30 bits per heavy atom. The SMILES string of the molecule is O=C(NCC1CCCO1)c1ccnc(Nc2ccc(Cl)c(C(F)(F)F)c2)c1. The molecule has 5 nitrogen and oxygen atoms in total. The lowest BCUT2D eigenvalue weighted by molar-refractivity contribution is -0.137. The standard InChI is InChI=1S/C18H17ClF3N3O2/c19-15-4-3-12(9-14(15)18(20,21)22)25-16-8-11(5-6-23-16)17(26)24-10-13-2-1-7-27-13/h3-6,8-9,13H,1-2,7,10H2,(H,23,25)(H,24,26). The van der Waals surface area contributed by atoms with Gasteiger partial charge in [0.1, 0.15) is 5.82 Å². The van der Waals surface area contributed by atoms with Crippen molar-refractivity contribution in [2.24, 2.45) is 0 Å². The first-order valence-electron chi connectivity index (χ1n) is 8.32. The fourth-order valence-corrected chi connectivity index (χ4v) is 2.95. The Bertz CT molecular complexity index is 824. The summed E-state index contributed by atoms with van der Waals surface area (Å²) in [5.41, 5.74) is -0.439. The molecule has 1 amide bonds. The Morgan fingerprint density at radius 2 is 2.11 bits per heavy atom. The molecule has 3 rings (SSSR count). The van der Waals surface area contributed by atoms with Crippen LogP contribution >= 0.6 is 11.6 Å². The monoisotopic (exact) mass is 399 g/mol. The summed E-state index contributed by atoms with van der Waals surface area (Å²) in [5.74, 6) is -0.0572. The van der Waals surface area contributed by atoms with Gasteiger partial charge in [0.2, 0.25) is 0 Å². The van der Waals surface area contributed by atoms with E-state index in [9.17, 15) is 18.0 Å². The summed E-state index contributed by atoms with van der Waals surface area (Å²) < 4.78 is 44.3. The first-order valence-corrected chi connectivity index (χ1v) is 8.70. The average molecular weight is 400 g/mol. The topological polar surface area (TPSA) is 63.2 Å². The zero-order chi connectivity index (χ0) is 19.4. The summed E-state index contributed by atoms with van der Waals surface area (Å²) in [5, 5.41) is 5.16. The lowest BCUT2D eigenvalue weighted by atomic mass is 10.2. The van der Waals surface area contributed by atoms with Crippen LogP contribution in [0.15, 0.2) is 36.5 Å². The van der Waals surface area contributed by atoms with Gasteiger partial charge >= 0.3 is 6.18 Å². The second-order valence-corrected chi connectivity index (χ2v) is 6.50. The van der Waals surface area contributed by atoms with E-state index in [1.807, 2.05) is 0 Å². The second kappa shape index (κ2) is 8.14. The van der Waals surface area contributed by atoms with Crippen molar-refractivity contribution in [3.05, 3.63) is 52.7 Å². The van der Waals surface area contributed by atoms with Crippen LogP contribution in [0.2, 0.25) is 5.02 Å². The molecule has 1 aliphatic rings. The summed E-state index contributed by atoms with van der Waals surface area (Å²) in [4.78, 5) is 16.3. The first-order chi connectivity index (χ1) is 12.8. The van der Waals surface area contributed by atoms with Gasteiger partial charge in [0, 0.05) is 30.6 Å². The second-order valence-electron chi connectivity index (χ2n) is 6.09. The van der Waals surface area contributed by atoms with Crippen LogP contribution in [0.1, 0.15) is 28.8 Å². The van der Waals surface area contributed by atoms with Gasteiger partial charge in [-0.15, -0.1) is 0 Å². The first kappa shape index (κ1) is 19.4. The van der Waals surface area contributed by atoms with E-state index in [0.717, 1.165) is 25.0 Å². The number of amides is 1. The van der Waals surface area contributed by atoms with Crippen molar-refractivity contribution in [1.82, 2.24) is 10.3 Å². The molecule has 1 aromatic heterocycles. The van der Waals surface area contributed by atoms with Crippen molar-refractivity contribution in [2.45, 2.75) is 25.1 Å². The molecule has 0 bridgehead atoms. The Morgan fingerprint density at radius 3 is 2.81 bits per heavy atom. The maximum atomic E-state index is 13.0. The van der Waals surface area contributed by atoms with E-state index in [1.54, 1.807) is 0 Å². The number of carbonyl (C=O) groups excluding carboxylic acids is 1. The van der Waals surface area contributed by atoms with E-state index >= 15 is 0 Å². The molecule has 2 heterocycles. The maximum absolute atomic E-state index is 13.0. The largest absolute Gasteiger partial charge is 0.417 e. The van der Waals surface area contributed by atoms with Gasteiger partial charge in [0.25, 0.3) is 5.91 Å². The normalized spacial score (nSPS) is 17.0. The van der Waals surface area contributed by atoms with Crippen LogP contribution in [-0.2, 0) is 10.9 Å². The molecule has 144 valence electrons. The van der Waals surface area contributed by atoms with Crippen LogP contribution < -0.4 is 10.6 Å². The number of hydrogen-bond acceptors (Lipinski definition) is 4. The van der Waals surface area contributed by atoms with Crippen LogP contribution in [-0.4, -0.2) is 30.1 Å². The summed E-state index contributed by atoms with van der Waals surface area (Å²) in [6.07, 6.45) is -1.26. The molecule has 2 aromatic rings. The number of rotatable bonds is 5. The van der Waals surface area contributed by atoms with Gasteiger partial charge in [0.15, 0.2) is 0 Å². The Kier molecular flexibility index (Phi) is 5.86. The number of carbonyl (C=O) groups is 1. The van der Waals surface area contributed by atoms with E-state index in [4.69, 9.17) is 16.3 Å². The van der Waals surface area contributed by atoms with E-state index in [-0.39, 0.29) is 28.5 Å². The molecule has 0 aliphatic carbocycles. The highest BCUT2D eigenvalue weighted by molar-refractivity contribution is 6.31. The van der Waals surface area contributed by atoms with Crippen LogP contribution in [0.3, 0.4) is 0 Å². The Balaban J connectivity index is 1.69. The Hall–Kier alpha value is -2.32. The van der Waals surface area contributed by atoms with Crippen LogP contribution in [0.5, 0.6) is 0 Å². The van der Waals surface area contributed by atoms with Crippen molar-refractivity contribution in [3.63, 3.8) is 0 Å². The van der Waals surface area contributed by atoms with Gasteiger partial charge in [-0.25, -0.2) is 4.98 Å². The maximum Gasteiger partial charge on any atom is 0.417 e. The van der Waals surface area contributed by atoms with E-state index in [2.05, 4.69) is 15.6 Å². The number of aromatic nitrogens is 1. The van der Waals surface area contributed by atoms with Crippen molar-refractivity contribution >= 4 is 29.0 Å². The molecule has 1 atom stereocenters.